The number of aliphatic hydroxyl groups excluding tert-OH is 1. The Morgan fingerprint density at radius 1 is 0.857 bits per heavy atom. The van der Waals surface area contributed by atoms with Crippen molar-refractivity contribution in [3.8, 4) is 0 Å². The van der Waals surface area contributed by atoms with Gasteiger partial charge >= 0.3 is 0 Å². The molecule has 106 valence electrons. The summed E-state index contributed by atoms with van der Waals surface area (Å²) in [7, 11) is 0. The maximum absolute atomic E-state index is 10.5. The minimum Gasteiger partial charge on any atom is -0.384 e. The van der Waals surface area contributed by atoms with E-state index in [9.17, 15) is 5.11 Å². The molecule has 21 heavy (non-hydrogen) atoms. The molecule has 0 saturated heterocycles. The fraction of sp³-hybridized carbons (Fsp3) is 0.0588. The number of rotatable bonds is 2. The van der Waals surface area contributed by atoms with Crippen molar-refractivity contribution in [1.82, 2.24) is 0 Å². The standard InChI is InChI=1S/C17H11BrCl2O/c18-13-4-3-10-7-12(2-1-11(10)8-13)17(21)15-6-5-14(19)9-16(15)20/h1-9,17,21H. The molecule has 0 fully saturated rings. The summed E-state index contributed by atoms with van der Waals surface area (Å²) < 4.78 is 1.03. The third-order valence-corrected chi connectivity index (χ3v) is 4.45. The predicted octanol–water partition coefficient (Wildman–Crippen LogP) is 5.99. The van der Waals surface area contributed by atoms with Gasteiger partial charge in [0.05, 0.1) is 0 Å². The van der Waals surface area contributed by atoms with Gasteiger partial charge in [-0.3, -0.25) is 0 Å². The monoisotopic (exact) mass is 380 g/mol. The summed E-state index contributed by atoms with van der Waals surface area (Å²) in [6.07, 6.45) is -0.775. The molecule has 0 aliphatic carbocycles. The first-order valence-corrected chi connectivity index (χ1v) is 7.92. The summed E-state index contributed by atoms with van der Waals surface area (Å²) in [5.41, 5.74) is 1.45. The quantitative estimate of drug-likeness (QED) is 0.577. The van der Waals surface area contributed by atoms with E-state index < -0.39 is 6.10 Å². The summed E-state index contributed by atoms with van der Waals surface area (Å²) in [4.78, 5) is 0. The normalized spacial score (nSPS) is 12.6. The molecule has 4 heteroatoms. The van der Waals surface area contributed by atoms with Crippen LogP contribution in [0.3, 0.4) is 0 Å². The number of hydrogen-bond acceptors (Lipinski definition) is 1. The lowest BCUT2D eigenvalue weighted by atomic mass is 9.98. The number of fused-ring (bicyclic) bond motifs is 1. The minimum absolute atomic E-state index is 0.464. The highest BCUT2D eigenvalue weighted by atomic mass is 79.9. The van der Waals surface area contributed by atoms with E-state index in [0.717, 1.165) is 20.8 Å². The Morgan fingerprint density at radius 2 is 1.57 bits per heavy atom. The average molecular weight is 382 g/mol. The summed E-state index contributed by atoms with van der Waals surface area (Å²) in [5.74, 6) is 0. The molecule has 1 unspecified atom stereocenters. The highest BCUT2D eigenvalue weighted by Crippen LogP contribution is 2.32. The molecule has 3 aromatic carbocycles. The number of aliphatic hydroxyl groups is 1. The molecule has 3 aromatic rings. The number of benzene rings is 3. The van der Waals surface area contributed by atoms with Crippen LogP contribution < -0.4 is 0 Å². The van der Waals surface area contributed by atoms with E-state index in [0.29, 0.717) is 15.6 Å². The van der Waals surface area contributed by atoms with E-state index in [1.807, 2.05) is 36.4 Å². The number of hydrogen-bond donors (Lipinski definition) is 1. The smallest absolute Gasteiger partial charge is 0.106 e. The Bertz CT molecular complexity index is 817. The van der Waals surface area contributed by atoms with Gasteiger partial charge in [0.1, 0.15) is 6.10 Å². The second kappa shape index (κ2) is 5.98. The van der Waals surface area contributed by atoms with Crippen LogP contribution in [-0.4, -0.2) is 5.11 Å². The third-order valence-electron chi connectivity index (χ3n) is 3.40. The van der Waals surface area contributed by atoms with Crippen molar-refractivity contribution in [3.63, 3.8) is 0 Å². The van der Waals surface area contributed by atoms with E-state index in [1.165, 1.54) is 0 Å². The van der Waals surface area contributed by atoms with Crippen molar-refractivity contribution >= 4 is 49.9 Å². The first-order valence-electron chi connectivity index (χ1n) is 6.37. The molecule has 0 amide bonds. The molecule has 3 rings (SSSR count). The van der Waals surface area contributed by atoms with Crippen LogP contribution in [0.5, 0.6) is 0 Å². The van der Waals surface area contributed by atoms with Gasteiger partial charge < -0.3 is 5.11 Å². The molecule has 0 bridgehead atoms. The summed E-state index contributed by atoms with van der Waals surface area (Å²) in [5, 5.41) is 13.7. The third kappa shape index (κ3) is 3.09. The lowest BCUT2D eigenvalue weighted by molar-refractivity contribution is 0.220. The Hall–Kier alpha value is -1.06. The van der Waals surface area contributed by atoms with Gasteiger partial charge in [0, 0.05) is 20.1 Å². The van der Waals surface area contributed by atoms with Crippen molar-refractivity contribution < 1.29 is 5.11 Å². The fourth-order valence-corrected chi connectivity index (χ4v) is 3.20. The largest absolute Gasteiger partial charge is 0.384 e. The van der Waals surface area contributed by atoms with Gasteiger partial charge in [0.15, 0.2) is 0 Å². The Balaban J connectivity index is 2.04. The molecule has 1 atom stereocenters. The molecule has 0 aliphatic heterocycles. The van der Waals surface area contributed by atoms with Crippen molar-refractivity contribution in [2.45, 2.75) is 6.10 Å². The van der Waals surface area contributed by atoms with Crippen LogP contribution in [-0.2, 0) is 0 Å². The van der Waals surface area contributed by atoms with E-state index >= 15 is 0 Å². The molecule has 0 radical (unpaired) electrons. The first kappa shape index (κ1) is 14.9. The Kier molecular flexibility index (Phi) is 4.23. The van der Waals surface area contributed by atoms with Gasteiger partial charge in [0.25, 0.3) is 0 Å². The summed E-state index contributed by atoms with van der Waals surface area (Å²) in [6, 6.07) is 17.0. The Labute approximate surface area is 141 Å². The SMILES string of the molecule is OC(c1ccc2cc(Br)ccc2c1)c1ccc(Cl)cc1Cl. The van der Waals surface area contributed by atoms with Gasteiger partial charge in [-0.05, 0) is 46.7 Å². The Morgan fingerprint density at radius 3 is 2.33 bits per heavy atom. The predicted molar refractivity (Wildman–Crippen MR) is 92.2 cm³/mol. The zero-order valence-electron chi connectivity index (χ0n) is 10.9. The average Bonchev–Trinajstić information content (AvgIpc) is 2.46. The summed E-state index contributed by atoms with van der Waals surface area (Å²) in [6.45, 7) is 0. The lowest BCUT2D eigenvalue weighted by Crippen LogP contribution is -2.00. The van der Waals surface area contributed by atoms with Crippen molar-refractivity contribution in [1.29, 1.82) is 0 Å². The second-order valence-corrected chi connectivity index (χ2v) is 6.58. The van der Waals surface area contributed by atoms with E-state index in [-0.39, 0.29) is 0 Å². The van der Waals surface area contributed by atoms with Gasteiger partial charge in [-0.15, -0.1) is 0 Å². The molecule has 0 saturated carbocycles. The van der Waals surface area contributed by atoms with Crippen LogP contribution in [0.4, 0.5) is 0 Å². The molecule has 0 heterocycles. The highest BCUT2D eigenvalue weighted by Gasteiger charge is 2.14. The van der Waals surface area contributed by atoms with Crippen LogP contribution in [0.2, 0.25) is 10.0 Å². The van der Waals surface area contributed by atoms with Crippen LogP contribution in [0, 0.1) is 0 Å². The minimum atomic E-state index is -0.775. The lowest BCUT2D eigenvalue weighted by Gasteiger charge is -2.14. The molecule has 0 aromatic heterocycles. The van der Waals surface area contributed by atoms with E-state index in [2.05, 4.69) is 15.9 Å². The molecular formula is C17H11BrCl2O. The molecule has 1 N–H and O–H groups in total. The fourth-order valence-electron chi connectivity index (χ4n) is 2.31. The molecular weight excluding hydrogens is 371 g/mol. The topological polar surface area (TPSA) is 20.2 Å². The van der Waals surface area contributed by atoms with Crippen molar-refractivity contribution in [2.24, 2.45) is 0 Å². The van der Waals surface area contributed by atoms with E-state index in [4.69, 9.17) is 23.2 Å². The second-order valence-electron chi connectivity index (χ2n) is 4.82. The maximum atomic E-state index is 10.5. The zero-order valence-corrected chi connectivity index (χ0v) is 14.0. The molecule has 1 nitrogen and oxygen atoms in total. The zero-order chi connectivity index (χ0) is 15.0. The van der Waals surface area contributed by atoms with Crippen LogP contribution in [0.15, 0.2) is 59.1 Å². The van der Waals surface area contributed by atoms with Crippen LogP contribution >= 0.6 is 39.1 Å². The molecule has 0 aliphatic rings. The summed E-state index contributed by atoms with van der Waals surface area (Å²) >= 11 is 15.5. The van der Waals surface area contributed by atoms with Crippen LogP contribution in [0.25, 0.3) is 10.8 Å². The van der Waals surface area contributed by atoms with Gasteiger partial charge in [0.2, 0.25) is 0 Å². The number of halogens is 3. The van der Waals surface area contributed by atoms with Gasteiger partial charge in [-0.1, -0.05) is 63.4 Å². The molecule has 0 spiro atoms. The van der Waals surface area contributed by atoms with E-state index in [1.54, 1.807) is 18.2 Å². The first-order chi connectivity index (χ1) is 10.0. The van der Waals surface area contributed by atoms with Crippen LogP contribution in [0.1, 0.15) is 17.2 Å². The van der Waals surface area contributed by atoms with Crippen molar-refractivity contribution in [2.75, 3.05) is 0 Å². The van der Waals surface area contributed by atoms with Gasteiger partial charge in [-0.25, -0.2) is 0 Å². The van der Waals surface area contributed by atoms with Gasteiger partial charge in [-0.2, -0.15) is 0 Å². The maximum Gasteiger partial charge on any atom is 0.106 e. The van der Waals surface area contributed by atoms with Crippen molar-refractivity contribution in [3.05, 3.63) is 80.2 Å². The highest BCUT2D eigenvalue weighted by molar-refractivity contribution is 9.10.